The summed E-state index contributed by atoms with van der Waals surface area (Å²) < 4.78 is 4.83. The van der Waals surface area contributed by atoms with E-state index in [4.69, 9.17) is 4.74 Å². The minimum atomic E-state index is -1.07. The van der Waals surface area contributed by atoms with Crippen LogP contribution in [0.4, 0.5) is 0 Å². The molecule has 0 bridgehead atoms. The van der Waals surface area contributed by atoms with E-state index in [9.17, 15) is 9.59 Å². The van der Waals surface area contributed by atoms with Gasteiger partial charge in [0.05, 0.1) is 12.6 Å². The monoisotopic (exact) mass is 401 g/mol. The average molecular weight is 402 g/mol. The highest BCUT2D eigenvalue weighted by molar-refractivity contribution is 6.37. The molecule has 3 aromatic rings. The fraction of sp³-hybridized carbons (Fsp3) is 0.231. The van der Waals surface area contributed by atoms with Crippen LogP contribution >= 0.6 is 0 Å². The van der Waals surface area contributed by atoms with Gasteiger partial charge in [-0.05, 0) is 30.0 Å². The lowest BCUT2D eigenvalue weighted by Crippen LogP contribution is -2.56. The average Bonchev–Trinajstić information content (AvgIpc) is 2.79. The van der Waals surface area contributed by atoms with Gasteiger partial charge in [0.1, 0.15) is 0 Å². The third kappa shape index (κ3) is 5.22. The first-order valence-corrected chi connectivity index (χ1v) is 10.0. The van der Waals surface area contributed by atoms with Crippen LogP contribution in [0.3, 0.4) is 0 Å². The molecular formula is C26H27NO3. The van der Waals surface area contributed by atoms with Crippen molar-refractivity contribution in [3.05, 3.63) is 108 Å². The van der Waals surface area contributed by atoms with Crippen molar-refractivity contribution in [3.8, 4) is 0 Å². The zero-order valence-corrected chi connectivity index (χ0v) is 17.5. The summed E-state index contributed by atoms with van der Waals surface area (Å²) in [6.45, 7) is 2.90. The number of benzene rings is 3. The van der Waals surface area contributed by atoms with Crippen LogP contribution in [0.25, 0.3) is 0 Å². The summed E-state index contributed by atoms with van der Waals surface area (Å²) in [4.78, 5) is 27.7. The molecule has 0 spiro atoms. The Labute approximate surface area is 178 Å². The number of hydrogen-bond donors (Lipinski definition) is 0. The van der Waals surface area contributed by atoms with Crippen molar-refractivity contribution in [2.45, 2.75) is 32.0 Å². The normalized spacial score (nSPS) is 12.9. The van der Waals surface area contributed by atoms with Gasteiger partial charge in [-0.25, -0.2) is 4.79 Å². The van der Waals surface area contributed by atoms with Crippen LogP contribution in [0.2, 0.25) is 0 Å². The third-order valence-electron chi connectivity index (χ3n) is 5.38. The van der Waals surface area contributed by atoms with Gasteiger partial charge in [-0.3, -0.25) is 9.69 Å². The topological polar surface area (TPSA) is 46.6 Å². The highest BCUT2D eigenvalue weighted by Crippen LogP contribution is 2.27. The van der Waals surface area contributed by atoms with Crippen molar-refractivity contribution in [1.29, 1.82) is 0 Å². The molecule has 4 heteroatoms. The summed E-state index contributed by atoms with van der Waals surface area (Å²) in [5.41, 5.74) is 2.07. The van der Waals surface area contributed by atoms with Gasteiger partial charge in [0.15, 0.2) is 0 Å². The van der Waals surface area contributed by atoms with Crippen molar-refractivity contribution in [3.63, 3.8) is 0 Å². The van der Waals surface area contributed by atoms with Crippen LogP contribution in [0.15, 0.2) is 91.0 Å². The molecule has 0 unspecified atom stereocenters. The third-order valence-corrected chi connectivity index (χ3v) is 5.38. The summed E-state index contributed by atoms with van der Waals surface area (Å²) in [7, 11) is 1.25. The minimum Gasteiger partial charge on any atom is -0.463 e. The molecule has 0 N–H and O–H groups in total. The van der Waals surface area contributed by atoms with E-state index in [2.05, 4.69) is 4.90 Å². The molecule has 4 nitrogen and oxygen atoms in total. The van der Waals surface area contributed by atoms with Crippen molar-refractivity contribution < 1.29 is 14.3 Å². The van der Waals surface area contributed by atoms with E-state index in [-0.39, 0.29) is 0 Å². The van der Waals surface area contributed by atoms with Gasteiger partial charge >= 0.3 is 5.97 Å². The Balaban J connectivity index is 2.03. The van der Waals surface area contributed by atoms with E-state index in [1.54, 1.807) is 0 Å². The Kier molecular flexibility index (Phi) is 7.15. The number of Topliss-reactive ketones (excluding diaryl/α,β-unsaturated/α-hetero) is 1. The van der Waals surface area contributed by atoms with Crippen LogP contribution in [0.1, 0.15) is 23.6 Å². The molecule has 30 heavy (non-hydrogen) atoms. The number of ether oxygens (including phenoxy) is 1. The maximum absolute atomic E-state index is 13.3. The first kappa shape index (κ1) is 21.5. The first-order valence-electron chi connectivity index (χ1n) is 10.0. The molecule has 0 fully saturated rings. The smallest absolute Gasteiger partial charge is 0.376 e. The van der Waals surface area contributed by atoms with Gasteiger partial charge < -0.3 is 4.74 Å². The summed E-state index contributed by atoms with van der Waals surface area (Å²) in [5, 5.41) is 0. The second-order valence-electron chi connectivity index (χ2n) is 7.58. The van der Waals surface area contributed by atoms with Gasteiger partial charge in [0, 0.05) is 13.1 Å². The fourth-order valence-electron chi connectivity index (χ4n) is 3.65. The maximum Gasteiger partial charge on any atom is 0.376 e. The van der Waals surface area contributed by atoms with E-state index in [1.807, 2.05) is 97.9 Å². The molecule has 0 aliphatic carbocycles. The van der Waals surface area contributed by atoms with Crippen LogP contribution in [-0.2, 0) is 33.8 Å². The fourth-order valence-corrected chi connectivity index (χ4v) is 3.65. The molecule has 0 aliphatic heterocycles. The molecule has 0 amide bonds. The zero-order chi connectivity index (χ0) is 21.4. The molecule has 0 saturated heterocycles. The summed E-state index contributed by atoms with van der Waals surface area (Å²) in [6.07, 6.45) is 0.404. The molecular weight excluding hydrogens is 374 g/mol. The van der Waals surface area contributed by atoms with Crippen LogP contribution in [0, 0.1) is 0 Å². The number of carbonyl (C=O) groups excluding carboxylic acids is 2. The molecule has 1 atom stereocenters. The van der Waals surface area contributed by atoms with E-state index >= 15 is 0 Å². The largest absolute Gasteiger partial charge is 0.463 e. The standard InChI is InChI=1S/C26H27NO3/c1-26(24(28)25(29)30-2,18-21-12-6-3-7-13-21)27(19-22-14-8-4-9-15-22)20-23-16-10-5-11-17-23/h3-17H,18-20H2,1-2H3/t26-/m0/s1. The molecule has 0 saturated carbocycles. The van der Waals surface area contributed by atoms with Gasteiger partial charge in [-0.2, -0.15) is 0 Å². The number of carbonyl (C=O) groups is 2. The molecule has 0 aliphatic rings. The van der Waals surface area contributed by atoms with Crippen molar-refractivity contribution >= 4 is 11.8 Å². The zero-order valence-electron chi connectivity index (χ0n) is 17.5. The SMILES string of the molecule is COC(=O)C(=O)[C@](C)(Cc1ccccc1)N(Cc1ccccc1)Cc1ccccc1. The molecule has 3 rings (SSSR count). The Morgan fingerprint density at radius 1 is 0.733 bits per heavy atom. The Morgan fingerprint density at radius 3 is 1.53 bits per heavy atom. The van der Waals surface area contributed by atoms with E-state index < -0.39 is 17.3 Å². The van der Waals surface area contributed by atoms with Crippen molar-refractivity contribution in [2.24, 2.45) is 0 Å². The van der Waals surface area contributed by atoms with Gasteiger partial charge in [0.25, 0.3) is 5.78 Å². The minimum absolute atomic E-state index is 0.404. The summed E-state index contributed by atoms with van der Waals surface area (Å²) in [5.74, 6) is -1.36. The quantitative estimate of drug-likeness (QED) is 0.393. The molecule has 0 heterocycles. The van der Waals surface area contributed by atoms with E-state index in [1.165, 1.54) is 7.11 Å². The van der Waals surface area contributed by atoms with Crippen molar-refractivity contribution in [2.75, 3.05) is 7.11 Å². The number of nitrogens with zero attached hydrogens (tertiary/aromatic N) is 1. The number of ketones is 1. The highest BCUT2D eigenvalue weighted by atomic mass is 16.5. The predicted octanol–water partition coefficient (Wildman–Crippen LogP) is 4.43. The maximum atomic E-state index is 13.3. The molecule has 0 aromatic heterocycles. The van der Waals surface area contributed by atoms with Crippen LogP contribution < -0.4 is 0 Å². The number of methoxy groups -OCH3 is 1. The first-order chi connectivity index (χ1) is 14.5. The number of esters is 1. The lowest BCUT2D eigenvalue weighted by molar-refractivity contribution is -0.157. The predicted molar refractivity (Wildman–Crippen MR) is 118 cm³/mol. The van der Waals surface area contributed by atoms with Crippen LogP contribution in [-0.4, -0.2) is 29.3 Å². The highest BCUT2D eigenvalue weighted by Gasteiger charge is 2.43. The van der Waals surface area contributed by atoms with Crippen LogP contribution in [0.5, 0.6) is 0 Å². The Morgan fingerprint density at radius 2 is 1.13 bits per heavy atom. The van der Waals surface area contributed by atoms with E-state index in [0.717, 1.165) is 16.7 Å². The van der Waals surface area contributed by atoms with Gasteiger partial charge in [-0.15, -0.1) is 0 Å². The lowest BCUT2D eigenvalue weighted by Gasteiger charge is -2.40. The second kappa shape index (κ2) is 9.99. The molecule has 3 aromatic carbocycles. The number of hydrogen-bond acceptors (Lipinski definition) is 4. The molecule has 154 valence electrons. The second-order valence-corrected chi connectivity index (χ2v) is 7.58. The Hall–Kier alpha value is -3.24. The summed E-state index contributed by atoms with van der Waals surface area (Å²) in [6, 6.07) is 29.8. The Bertz CT molecular complexity index is 916. The van der Waals surface area contributed by atoms with E-state index in [0.29, 0.717) is 19.5 Å². The van der Waals surface area contributed by atoms with Crippen molar-refractivity contribution in [1.82, 2.24) is 4.90 Å². The summed E-state index contributed by atoms with van der Waals surface area (Å²) >= 11 is 0. The molecule has 0 radical (unpaired) electrons. The van der Waals surface area contributed by atoms with Gasteiger partial charge in [0.2, 0.25) is 0 Å². The van der Waals surface area contributed by atoms with Gasteiger partial charge in [-0.1, -0.05) is 91.0 Å². The number of rotatable bonds is 9. The lowest BCUT2D eigenvalue weighted by atomic mass is 9.85.